The van der Waals surface area contributed by atoms with Crippen molar-refractivity contribution in [3.05, 3.63) is 0 Å². The summed E-state index contributed by atoms with van der Waals surface area (Å²) in [6.07, 6.45) is 3.31. The molecule has 0 spiro atoms. The Kier molecular flexibility index (Phi) is 9.26. The fraction of sp³-hybridized carbons (Fsp3) is 0.875. The summed E-state index contributed by atoms with van der Waals surface area (Å²) in [7, 11) is 0. The van der Waals surface area contributed by atoms with E-state index in [1.54, 1.807) is 6.92 Å². The summed E-state index contributed by atoms with van der Waals surface area (Å²) >= 11 is 0. The Morgan fingerprint density at radius 2 is 1.62 bits per heavy atom. The van der Waals surface area contributed by atoms with E-state index in [4.69, 9.17) is 5.73 Å². The Morgan fingerprint density at radius 1 is 1.10 bits per heavy atom. The van der Waals surface area contributed by atoms with Crippen LogP contribution < -0.4 is 16.4 Å². The second kappa shape index (κ2) is 9.77. The van der Waals surface area contributed by atoms with Gasteiger partial charge in [0.1, 0.15) is 6.04 Å². The zero-order valence-corrected chi connectivity index (χ0v) is 14.3. The van der Waals surface area contributed by atoms with Gasteiger partial charge in [0.2, 0.25) is 11.8 Å². The van der Waals surface area contributed by atoms with Crippen LogP contribution in [-0.4, -0.2) is 30.9 Å². The van der Waals surface area contributed by atoms with Crippen LogP contribution in [0.5, 0.6) is 0 Å². The molecule has 0 aromatic heterocycles. The fourth-order valence-electron chi connectivity index (χ4n) is 2.48. The van der Waals surface area contributed by atoms with E-state index in [0.29, 0.717) is 19.0 Å². The van der Waals surface area contributed by atoms with E-state index in [2.05, 4.69) is 10.6 Å². The standard InChI is InChI=1S/C16H33N3O2/c1-6-8-16(11-17,9-7-2)15(21)19-13(5)14(20)18-10-12(3)4/h12-13H,6-11,17H2,1-5H3,(H,18,20)(H,19,21). The van der Waals surface area contributed by atoms with Crippen LogP contribution in [0.2, 0.25) is 0 Å². The lowest BCUT2D eigenvalue weighted by atomic mass is 9.78. The number of rotatable bonds is 10. The normalized spacial score (nSPS) is 13.1. The molecule has 0 radical (unpaired) electrons. The molecule has 0 aliphatic rings. The van der Waals surface area contributed by atoms with E-state index in [0.717, 1.165) is 25.7 Å². The van der Waals surface area contributed by atoms with Crippen LogP contribution in [0.25, 0.3) is 0 Å². The molecule has 1 atom stereocenters. The second-order valence-corrected chi connectivity index (χ2v) is 6.32. The van der Waals surface area contributed by atoms with Gasteiger partial charge in [0.25, 0.3) is 0 Å². The van der Waals surface area contributed by atoms with Crippen molar-refractivity contribution in [2.45, 2.75) is 66.3 Å². The predicted molar refractivity (Wildman–Crippen MR) is 86.8 cm³/mol. The number of nitrogens with two attached hydrogens (primary N) is 1. The van der Waals surface area contributed by atoms with E-state index >= 15 is 0 Å². The van der Waals surface area contributed by atoms with Crippen LogP contribution in [0.1, 0.15) is 60.3 Å². The summed E-state index contributed by atoms with van der Waals surface area (Å²) in [5, 5.41) is 5.67. The van der Waals surface area contributed by atoms with Crippen LogP contribution in [0.15, 0.2) is 0 Å². The Balaban J connectivity index is 4.70. The van der Waals surface area contributed by atoms with Gasteiger partial charge in [-0.3, -0.25) is 9.59 Å². The minimum atomic E-state index is -0.546. The van der Waals surface area contributed by atoms with Crippen molar-refractivity contribution in [3.63, 3.8) is 0 Å². The summed E-state index contributed by atoms with van der Waals surface area (Å²) in [5.74, 6) is 0.150. The van der Waals surface area contributed by atoms with Gasteiger partial charge in [-0.2, -0.15) is 0 Å². The SMILES string of the molecule is CCCC(CN)(CCC)C(=O)NC(C)C(=O)NCC(C)C. The maximum atomic E-state index is 12.6. The molecule has 0 rings (SSSR count). The minimum absolute atomic E-state index is 0.0964. The van der Waals surface area contributed by atoms with E-state index < -0.39 is 11.5 Å². The monoisotopic (exact) mass is 299 g/mol. The lowest BCUT2D eigenvalue weighted by Crippen LogP contribution is -2.53. The average molecular weight is 299 g/mol. The highest BCUT2D eigenvalue weighted by Crippen LogP contribution is 2.29. The average Bonchev–Trinajstić information content (AvgIpc) is 2.43. The largest absolute Gasteiger partial charge is 0.354 e. The molecule has 0 aromatic rings. The Hall–Kier alpha value is -1.10. The van der Waals surface area contributed by atoms with Crippen molar-refractivity contribution in [1.29, 1.82) is 0 Å². The van der Waals surface area contributed by atoms with Crippen LogP contribution in [0.3, 0.4) is 0 Å². The molecule has 1 unspecified atom stereocenters. The van der Waals surface area contributed by atoms with Crippen molar-refractivity contribution in [3.8, 4) is 0 Å². The molecule has 0 aliphatic heterocycles. The highest BCUT2D eigenvalue weighted by Gasteiger charge is 2.36. The van der Waals surface area contributed by atoms with E-state index in [-0.39, 0.29) is 11.8 Å². The quantitative estimate of drug-likeness (QED) is 0.575. The van der Waals surface area contributed by atoms with Crippen molar-refractivity contribution in [1.82, 2.24) is 10.6 Å². The van der Waals surface area contributed by atoms with Crippen molar-refractivity contribution >= 4 is 11.8 Å². The van der Waals surface area contributed by atoms with Crippen molar-refractivity contribution in [2.75, 3.05) is 13.1 Å². The second-order valence-electron chi connectivity index (χ2n) is 6.32. The predicted octanol–water partition coefficient (Wildman–Crippen LogP) is 1.81. The molecule has 0 heterocycles. The number of carbonyl (C=O) groups excluding carboxylic acids is 2. The third-order valence-electron chi connectivity index (χ3n) is 3.75. The lowest BCUT2D eigenvalue weighted by molar-refractivity contribution is -0.135. The van der Waals surface area contributed by atoms with Gasteiger partial charge in [-0.05, 0) is 25.7 Å². The van der Waals surface area contributed by atoms with Crippen LogP contribution in [0, 0.1) is 11.3 Å². The molecular weight excluding hydrogens is 266 g/mol. The number of hydrogen-bond acceptors (Lipinski definition) is 3. The Morgan fingerprint density at radius 3 is 2.00 bits per heavy atom. The first kappa shape index (κ1) is 19.9. The number of carbonyl (C=O) groups is 2. The minimum Gasteiger partial charge on any atom is -0.354 e. The molecule has 0 saturated carbocycles. The van der Waals surface area contributed by atoms with Crippen molar-refractivity contribution in [2.24, 2.45) is 17.1 Å². The van der Waals surface area contributed by atoms with Crippen molar-refractivity contribution < 1.29 is 9.59 Å². The Labute approximate surface area is 129 Å². The van der Waals surface area contributed by atoms with Gasteiger partial charge in [0.05, 0.1) is 5.41 Å². The summed E-state index contributed by atoms with van der Waals surface area (Å²) in [6.45, 7) is 10.8. The van der Waals surface area contributed by atoms with E-state index in [1.807, 2.05) is 27.7 Å². The molecule has 5 heteroatoms. The maximum Gasteiger partial charge on any atom is 0.242 e. The molecule has 0 aliphatic carbocycles. The Bertz CT molecular complexity index is 323. The molecule has 124 valence electrons. The topological polar surface area (TPSA) is 84.2 Å². The van der Waals surface area contributed by atoms with Gasteiger partial charge in [0, 0.05) is 13.1 Å². The summed E-state index contributed by atoms with van der Waals surface area (Å²) < 4.78 is 0. The third-order valence-corrected chi connectivity index (χ3v) is 3.75. The van der Waals surface area contributed by atoms with Gasteiger partial charge in [-0.15, -0.1) is 0 Å². The van der Waals surface area contributed by atoms with Gasteiger partial charge >= 0.3 is 0 Å². The van der Waals surface area contributed by atoms with Gasteiger partial charge < -0.3 is 16.4 Å². The zero-order chi connectivity index (χ0) is 16.5. The molecule has 0 fully saturated rings. The van der Waals surface area contributed by atoms with Crippen LogP contribution in [0.4, 0.5) is 0 Å². The molecular formula is C16H33N3O2. The molecule has 4 N–H and O–H groups in total. The molecule has 0 aromatic carbocycles. The smallest absolute Gasteiger partial charge is 0.242 e. The molecule has 0 saturated heterocycles. The molecule has 21 heavy (non-hydrogen) atoms. The fourth-order valence-corrected chi connectivity index (χ4v) is 2.48. The summed E-state index contributed by atoms with van der Waals surface area (Å²) in [4.78, 5) is 24.5. The van der Waals surface area contributed by atoms with Gasteiger partial charge in [-0.25, -0.2) is 0 Å². The first-order valence-electron chi connectivity index (χ1n) is 8.11. The summed E-state index contributed by atoms with van der Waals surface area (Å²) in [5.41, 5.74) is 5.32. The first-order chi connectivity index (χ1) is 9.82. The van der Waals surface area contributed by atoms with Gasteiger partial charge in [-0.1, -0.05) is 40.5 Å². The lowest BCUT2D eigenvalue weighted by Gasteiger charge is -2.32. The van der Waals surface area contributed by atoms with Crippen LogP contribution >= 0.6 is 0 Å². The highest BCUT2D eigenvalue weighted by molar-refractivity contribution is 5.90. The molecule has 0 bridgehead atoms. The first-order valence-corrected chi connectivity index (χ1v) is 8.11. The summed E-state index contributed by atoms with van der Waals surface area (Å²) in [6, 6.07) is -0.532. The van der Waals surface area contributed by atoms with Crippen LogP contribution in [-0.2, 0) is 9.59 Å². The molecule has 5 nitrogen and oxygen atoms in total. The van der Waals surface area contributed by atoms with E-state index in [9.17, 15) is 9.59 Å². The number of amides is 2. The van der Waals surface area contributed by atoms with Gasteiger partial charge in [0.15, 0.2) is 0 Å². The van der Waals surface area contributed by atoms with E-state index in [1.165, 1.54) is 0 Å². The number of hydrogen-bond donors (Lipinski definition) is 3. The number of nitrogens with one attached hydrogen (secondary N) is 2. The highest BCUT2D eigenvalue weighted by atomic mass is 16.2. The third kappa shape index (κ3) is 6.46. The zero-order valence-electron chi connectivity index (χ0n) is 14.3. The maximum absolute atomic E-state index is 12.6. The molecule has 2 amide bonds.